The van der Waals surface area contributed by atoms with E-state index in [1.807, 2.05) is 0 Å². The Balaban J connectivity index is 2.02. The van der Waals surface area contributed by atoms with Crippen LogP contribution in [0.5, 0.6) is 35.3 Å². The maximum absolute atomic E-state index is 5.29. The molecule has 23 heavy (non-hydrogen) atoms. The lowest BCUT2D eigenvalue weighted by Gasteiger charge is -2.11. The summed E-state index contributed by atoms with van der Waals surface area (Å²) in [6, 6.07) is 0.306. The van der Waals surface area contributed by atoms with Crippen LogP contribution in [0.2, 0.25) is 0 Å². The maximum atomic E-state index is 5.29. The number of methoxy groups -OCH3 is 4. The summed E-state index contributed by atoms with van der Waals surface area (Å²) in [6.07, 6.45) is 2.76. The van der Waals surface area contributed by atoms with Gasteiger partial charge in [-0.1, -0.05) is 0 Å². The first-order valence-electron chi connectivity index (χ1n) is 6.26. The van der Waals surface area contributed by atoms with E-state index < -0.39 is 0 Å². The summed E-state index contributed by atoms with van der Waals surface area (Å²) >= 11 is 0. The molecule has 2 aromatic rings. The third kappa shape index (κ3) is 4.02. The number of hydrogen-bond acceptors (Lipinski definition) is 10. The normalized spacial score (nSPS) is 9.74. The Kier molecular flexibility index (Phi) is 5.61. The molecule has 0 bridgehead atoms. The highest BCUT2D eigenvalue weighted by atomic mass is 16.6. The Bertz CT molecular complexity index is 604. The van der Waals surface area contributed by atoms with E-state index in [9.17, 15) is 0 Å². The first-order chi connectivity index (χ1) is 11.2. The predicted molar refractivity (Wildman–Crippen MR) is 77.3 cm³/mol. The molecule has 2 heterocycles. The molecule has 0 saturated carbocycles. The Morgan fingerprint density at radius 3 is 1.48 bits per heavy atom. The van der Waals surface area contributed by atoms with Crippen molar-refractivity contribution in [1.82, 2.24) is 19.9 Å². The minimum atomic E-state index is 0.153. The van der Waals surface area contributed by atoms with E-state index in [0.29, 0.717) is 0 Å². The molecular formula is C12H14BN4O6. The van der Waals surface area contributed by atoms with E-state index >= 15 is 0 Å². The van der Waals surface area contributed by atoms with Gasteiger partial charge in [0.25, 0.3) is 11.8 Å². The Morgan fingerprint density at radius 2 is 1.13 bits per heavy atom. The molecule has 2 aromatic heterocycles. The lowest BCUT2D eigenvalue weighted by molar-refractivity contribution is 0.328. The summed E-state index contributed by atoms with van der Waals surface area (Å²) < 4.78 is 30.5. The van der Waals surface area contributed by atoms with Crippen molar-refractivity contribution in [2.24, 2.45) is 0 Å². The first-order valence-corrected chi connectivity index (χ1v) is 6.26. The van der Waals surface area contributed by atoms with Gasteiger partial charge in [0.15, 0.2) is 11.5 Å². The van der Waals surface area contributed by atoms with Gasteiger partial charge in [-0.2, -0.15) is 19.9 Å². The second kappa shape index (κ2) is 7.87. The molecule has 0 atom stereocenters. The van der Waals surface area contributed by atoms with Crippen LogP contribution in [0, 0.1) is 0 Å². The van der Waals surface area contributed by atoms with Crippen LogP contribution in [-0.2, 0) is 0 Å². The van der Waals surface area contributed by atoms with E-state index in [4.69, 9.17) is 28.3 Å². The van der Waals surface area contributed by atoms with Gasteiger partial charge < -0.3 is 28.3 Å². The van der Waals surface area contributed by atoms with Gasteiger partial charge in [-0.3, -0.25) is 0 Å². The molecule has 121 valence electrons. The topological polar surface area (TPSA) is 107 Å². The van der Waals surface area contributed by atoms with Gasteiger partial charge in [0.2, 0.25) is 0 Å². The minimum absolute atomic E-state index is 0.153. The monoisotopic (exact) mass is 321 g/mol. The quantitative estimate of drug-likeness (QED) is 0.630. The molecule has 0 aliphatic carbocycles. The van der Waals surface area contributed by atoms with Gasteiger partial charge >= 0.3 is 19.7 Å². The van der Waals surface area contributed by atoms with Crippen molar-refractivity contribution in [2.75, 3.05) is 28.4 Å². The van der Waals surface area contributed by atoms with Crippen molar-refractivity contribution in [3.63, 3.8) is 0 Å². The van der Waals surface area contributed by atoms with Crippen molar-refractivity contribution >= 4 is 7.69 Å². The first kappa shape index (κ1) is 16.4. The maximum Gasteiger partial charge on any atom is 0.658 e. The molecule has 10 nitrogen and oxygen atoms in total. The van der Waals surface area contributed by atoms with Crippen LogP contribution in [-0.4, -0.2) is 56.1 Å². The molecule has 0 aromatic carbocycles. The number of aromatic nitrogens is 4. The fourth-order valence-corrected chi connectivity index (χ4v) is 1.46. The third-order valence-electron chi connectivity index (χ3n) is 2.50. The summed E-state index contributed by atoms with van der Waals surface area (Å²) in [5.74, 6) is 0.854. The molecule has 2 rings (SSSR count). The number of ether oxygens (including phenoxy) is 4. The second-order valence-corrected chi connectivity index (χ2v) is 3.79. The zero-order valence-electron chi connectivity index (χ0n) is 13.0. The summed E-state index contributed by atoms with van der Waals surface area (Å²) in [6.45, 7) is 0. The molecule has 0 amide bonds. The van der Waals surface area contributed by atoms with Gasteiger partial charge in [-0.05, 0) is 0 Å². The molecule has 0 aliphatic heterocycles. The van der Waals surface area contributed by atoms with Crippen LogP contribution >= 0.6 is 0 Å². The highest BCUT2D eigenvalue weighted by Crippen LogP contribution is 2.27. The number of hydrogen-bond donors (Lipinski definition) is 0. The molecule has 0 fully saturated rings. The van der Waals surface area contributed by atoms with Crippen molar-refractivity contribution in [3.05, 3.63) is 12.4 Å². The molecule has 0 spiro atoms. The average Bonchev–Trinajstić information content (AvgIpc) is 2.61. The summed E-state index contributed by atoms with van der Waals surface area (Å²) in [4.78, 5) is 15.8. The SMILES string of the molecule is COc1ncc(O[B]Oc2cnc(OC)nc2OC)c(OC)n1. The molecule has 0 N–H and O–H groups in total. The van der Waals surface area contributed by atoms with Crippen LogP contribution in [0.1, 0.15) is 0 Å². The van der Waals surface area contributed by atoms with Crippen LogP contribution < -0.4 is 28.3 Å². The van der Waals surface area contributed by atoms with E-state index in [2.05, 4.69) is 19.9 Å². The molecule has 0 unspecified atom stereocenters. The zero-order valence-corrected chi connectivity index (χ0v) is 13.0. The average molecular weight is 321 g/mol. The highest BCUT2D eigenvalue weighted by molar-refractivity contribution is 6.20. The Morgan fingerprint density at radius 1 is 0.696 bits per heavy atom. The van der Waals surface area contributed by atoms with Gasteiger partial charge in [-0.15, -0.1) is 0 Å². The largest absolute Gasteiger partial charge is 0.658 e. The van der Waals surface area contributed by atoms with E-state index in [0.717, 1.165) is 7.69 Å². The van der Waals surface area contributed by atoms with Gasteiger partial charge in [0, 0.05) is 0 Å². The van der Waals surface area contributed by atoms with Gasteiger partial charge in [0.1, 0.15) is 0 Å². The standard InChI is InChI=1S/C12H14BN4O6/c1-18-9-7(5-14-11(16-9)20-3)22-13-23-8-6-15-12(21-4)17-10(8)19-2/h5-6H,1-4H3. The fraction of sp³-hybridized carbons (Fsp3) is 0.333. The Labute approximate surface area is 133 Å². The van der Waals surface area contributed by atoms with Crippen molar-refractivity contribution < 1.29 is 28.3 Å². The Hall–Kier alpha value is -2.98. The zero-order chi connectivity index (χ0) is 16.7. The molecule has 1 radical (unpaired) electrons. The van der Waals surface area contributed by atoms with Crippen LogP contribution in [0.4, 0.5) is 0 Å². The summed E-state index contributed by atoms with van der Waals surface area (Å²) in [7, 11) is 6.81. The lowest BCUT2D eigenvalue weighted by atomic mass is 10.3. The van der Waals surface area contributed by atoms with Crippen molar-refractivity contribution in [3.8, 4) is 35.3 Å². The van der Waals surface area contributed by atoms with Crippen LogP contribution in [0.25, 0.3) is 0 Å². The van der Waals surface area contributed by atoms with Crippen LogP contribution in [0.15, 0.2) is 12.4 Å². The predicted octanol–water partition coefficient (Wildman–Crippen LogP) is 0.293. The number of rotatable bonds is 8. The van der Waals surface area contributed by atoms with Gasteiger partial charge in [0.05, 0.1) is 40.8 Å². The molecule has 0 saturated heterocycles. The molecule has 11 heteroatoms. The molecule has 0 aliphatic rings. The minimum Gasteiger partial charge on any atom is -0.521 e. The van der Waals surface area contributed by atoms with Crippen molar-refractivity contribution in [2.45, 2.75) is 0 Å². The van der Waals surface area contributed by atoms with Gasteiger partial charge in [-0.25, -0.2) is 0 Å². The van der Waals surface area contributed by atoms with E-state index in [1.165, 1.54) is 40.8 Å². The van der Waals surface area contributed by atoms with Crippen LogP contribution in [0.3, 0.4) is 0 Å². The second-order valence-electron chi connectivity index (χ2n) is 3.79. The van der Waals surface area contributed by atoms with E-state index in [-0.39, 0.29) is 35.3 Å². The third-order valence-corrected chi connectivity index (χ3v) is 2.50. The summed E-state index contributed by atoms with van der Waals surface area (Å²) in [5, 5.41) is 0. The van der Waals surface area contributed by atoms with Crippen molar-refractivity contribution in [1.29, 1.82) is 0 Å². The fourth-order valence-electron chi connectivity index (χ4n) is 1.46. The summed E-state index contributed by atoms with van der Waals surface area (Å²) in [5.41, 5.74) is 0. The highest BCUT2D eigenvalue weighted by Gasteiger charge is 2.14. The lowest BCUT2D eigenvalue weighted by Crippen LogP contribution is -2.13. The smallest absolute Gasteiger partial charge is 0.521 e. The van der Waals surface area contributed by atoms with E-state index in [1.54, 1.807) is 0 Å². The number of nitrogens with zero attached hydrogens (tertiary/aromatic N) is 4. The molecular weight excluding hydrogens is 307 g/mol.